The average molecular weight is 1270 g/mol. The van der Waals surface area contributed by atoms with Gasteiger partial charge in [0, 0.05) is 16.7 Å². The average Bonchev–Trinajstić information content (AvgIpc) is 1.65. The molecule has 0 saturated carbocycles. The van der Waals surface area contributed by atoms with E-state index >= 15 is 0 Å². The first-order valence-corrected chi connectivity index (χ1v) is 32.1. The van der Waals surface area contributed by atoms with Crippen LogP contribution in [0.3, 0.4) is 0 Å². The molecule has 2 heterocycles. The lowest BCUT2D eigenvalue weighted by Crippen LogP contribution is -2.05. The van der Waals surface area contributed by atoms with Gasteiger partial charge in [-0.2, -0.15) is 54.1 Å². The number of aromatic nitrogens is 2. The summed E-state index contributed by atoms with van der Waals surface area (Å²) in [5.74, 6) is 0. The second kappa shape index (κ2) is 22.7. The van der Waals surface area contributed by atoms with E-state index < -0.39 is 56.0 Å². The fourth-order valence-corrected chi connectivity index (χ4v) is 14.9. The molecule has 2 aromatic heterocycles. The van der Waals surface area contributed by atoms with Crippen LogP contribution >= 0.6 is 22.7 Å². The molecule has 0 amide bonds. The second-order valence-electron chi connectivity index (χ2n) is 19.1. The summed E-state index contributed by atoms with van der Waals surface area (Å²) in [7, 11) is -19.0. The van der Waals surface area contributed by atoms with E-state index in [1.54, 1.807) is 88.4 Å². The van der Waals surface area contributed by atoms with Gasteiger partial charge in [0.05, 0.1) is 65.9 Å². The molecule has 8 aromatic carbocycles. The van der Waals surface area contributed by atoms with Crippen LogP contribution in [0.4, 0.5) is 68.2 Å². The molecule has 0 saturated heterocycles. The van der Waals surface area contributed by atoms with Crippen molar-refractivity contribution in [3.05, 3.63) is 144 Å². The van der Waals surface area contributed by atoms with Gasteiger partial charge in [-0.05, 0) is 153 Å². The van der Waals surface area contributed by atoms with Crippen LogP contribution in [0.15, 0.2) is 182 Å². The summed E-state index contributed by atoms with van der Waals surface area (Å²) in [4.78, 5) is 7.29. The van der Waals surface area contributed by atoms with Crippen LogP contribution in [0.1, 0.15) is 22.3 Å². The number of thiazole rings is 2. The maximum atomic E-state index is 12.9. The predicted octanol–water partition coefficient (Wildman–Crippen LogP) is 14.1. The van der Waals surface area contributed by atoms with E-state index in [1.165, 1.54) is 48.5 Å². The Bertz CT molecular complexity index is 5090. The molecule has 0 aliphatic rings. The Morgan fingerprint density at radius 1 is 0.372 bits per heavy atom. The Kier molecular flexibility index (Phi) is 15.8. The maximum absolute atomic E-state index is 12.9. The van der Waals surface area contributed by atoms with E-state index in [1.807, 2.05) is 0 Å². The van der Waals surface area contributed by atoms with Crippen LogP contribution in [0, 0.1) is 27.7 Å². The Morgan fingerprint density at radius 2 is 0.779 bits per heavy atom. The van der Waals surface area contributed by atoms with Crippen molar-refractivity contribution in [1.29, 1.82) is 0 Å². The molecular weight excluding hydrogens is 1230 g/mol. The number of nitrogens with zero attached hydrogens (tertiary/aromatic N) is 10. The maximum Gasteiger partial charge on any atom is 0.296 e. The highest BCUT2D eigenvalue weighted by molar-refractivity contribution is 7.87. The highest BCUT2D eigenvalue weighted by atomic mass is 32.2. The standard InChI is InChI=1S/C54H44N14O12S6/c1-25-5-19-37-49(51(25)85(75,76)77)81-53(59-37)29-7-11-31(12-8-29)61-67-47-43(55)28(4)22-39(44(47)56)65-64-34-16-18-36(41(23-34)83(69,70)71)35-17-15-33(21-27(35)3)63-66-40-24-42(84(72,73)74)46(58)48(45(40)57)68-62-32-13-9-30(10-14-32)54-60-38-20-6-26(2)52(50(38)82-54)86(78,79)80/h5-24H,55-58H2,1-4H3,(H,69,70,71)(H,72,73,74)(H,75,76,77)(H,78,79,80). The number of rotatable bonds is 15. The van der Waals surface area contributed by atoms with Crippen LogP contribution in [0.2, 0.25) is 0 Å². The molecule has 0 fully saturated rings. The Labute approximate surface area is 497 Å². The minimum atomic E-state index is -4.99. The number of fused-ring (bicyclic) bond motifs is 2. The second-order valence-corrected chi connectivity index (χ2v) is 26.6. The summed E-state index contributed by atoms with van der Waals surface area (Å²) in [6, 6.07) is 30.3. The van der Waals surface area contributed by atoms with Crippen molar-refractivity contribution in [2.45, 2.75) is 47.3 Å². The first kappa shape index (κ1) is 59.9. The molecule has 0 unspecified atom stereocenters. The van der Waals surface area contributed by atoms with E-state index in [0.29, 0.717) is 70.4 Å². The summed E-state index contributed by atoms with van der Waals surface area (Å²) in [6.45, 7) is 6.44. The molecule has 0 radical (unpaired) electrons. The number of anilines is 4. The lowest BCUT2D eigenvalue weighted by atomic mass is 10.00. The summed E-state index contributed by atoms with van der Waals surface area (Å²) in [5.41, 5.74) is 29.2. The fraction of sp³-hybridized carbons (Fsp3) is 0.0741. The lowest BCUT2D eigenvalue weighted by molar-refractivity contribution is 0.481. The van der Waals surface area contributed by atoms with Crippen molar-refractivity contribution in [3.63, 3.8) is 0 Å². The SMILES string of the molecule is Cc1cc(N=Nc2cc(S(=O)(=O)O)c(N)c(N=Nc3ccc(-c4nc5ccc(C)c(S(=O)(=O)O)c5s4)cc3)c2N)ccc1-c1ccc(N=Nc2cc(C)c(N)c(N=Nc3ccc(-c4nc5ccc(C)c(S(=O)(=O)O)c5s4)cc3)c2N)cc1S(=O)(=O)O. The zero-order chi connectivity index (χ0) is 61.9. The van der Waals surface area contributed by atoms with Crippen LogP contribution in [0.5, 0.6) is 0 Å². The van der Waals surface area contributed by atoms with E-state index in [2.05, 4.69) is 50.9 Å². The topological polar surface area (TPSA) is 446 Å². The third-order valence-electron chi connectivity index (χ3n) is 13.1. The van der Waals surface area contributed by atoms with E-state index in [9.17, 15) is 51.9 Å². The summed E-state index contributed by atoms with van der Waals surface area (Å²) >= 11 is 2.16. The van der Waals surface area contributed by atoms with Gasteiger partial charge in [0.25, 0.3) is 40.5 Å². The van der Waals surface area contributed by atoms with E-state index in [0.717, 1.165) is 34.8 Å². The normalized spacial score (nSPS) is 12.8. The molecule has 32 heteroatoms. The molecule has 12 N–H and O–H groups in total. The molecule has 10 rings (SSSR count). The van der Waals surface area contributed by atoms with Crippen molar-refractivity contribution in [2.24, 2.45) is 40.9 Å². The molecular formula is C54H44N14O12S6. The molecule has 86 heavy (non-hydrogen) atoms. The number of hydrogen-bond donors (Lipinski definition) is 8. The largest absolute Gasteiger partial charge is 0.397 e. The first-order valence-electron chi connectivity index (χ1n) is 24.7. The number of aryl methyl sites for hydroxylation is 4. The van der Waals surface area contributed by atoms with Crippen molar-refractivity contribution in [3.8, 4) is 32.3 Å². The molecule has 26 nitrogen and oxygen atoms in total. The summed E-state index contributed by atoms with van der Waals surface area (Å²) in [6.07, 6.45) is 0. The van der Waals surface area contributed by atoms with Gasteiger partial charge in [0.15, 0.2) is 0 Å². The zero-order valence-electron chi connectivity index (χ0n) is 44.8. The van der Waals surface area contributed by atoms with Crippen molar-refractivity contribution < 1.29 is 51.9 Å². The van der Waals surface area contributed by atoms with Crippen molar-refractivity contribution in [2.75, 3.05) is 22.9 Å². The van der Waals surface area contributed by atoms with E-state index in [4.69, 9.17) is 22.9 Å². The van der Waals surface area contributed by atoms with Gasteiger partial charge in [-0.1, -0.05) is 24.3 Å². The van der Waals surface area contributed by atoms with Crippen LogP contribution in [0.25, 0.3) is 52.7 Å². The fourth-order valence-electron chi connectivity index (χ4n) is 8.89. The van der Waals surface area contributed by atoms with Gasteiger partial charge in [-0.3, -0.25) is 18.2 Å². The molecule has 10 aromatic rings. The van der Waals surface area contributed by atoms with Gasteiger partial charge in [0.1, 0.15) is 52.3 Å². The molecule has 0 atom stereocenters. The first-order chi connectivity index (χ1) is 40.4. The molecule has 438 valence electrons. The van der Waals surface area contributed by atoms with Gasteiger partial charge in [0.2, 0.25) is 0 Å². The lowest BCUT2D eigenvalue weighted by Gasteiger charge is -2.12. The quantitative estimate of drug-likeness (QED) is 0.0268. The number of hydrogen-bond acceptors (Lipinski definition) is 24. The molecule has 0 aliphatic carbocycles. The Balaban J connectivity index is 0.870. The third-order valence-corrected chi connectivity index (χ3v) is 19.5. The molecule has 0 aliphatic heterocycles. The zero-order valence-corrected chi connectivity index (χ0v) is 49.7. The number of benzene rings is 8. The Hall–Kier alpha value is -9.22. The third kappa shape index (κ3) is 12.2. The van der Waals surface area contributed by atoms with Gasteiger partial charge >= 0.3 is 0 Å². The smallest absolute Gasteiger partial charge is 0.296 e. The summed E-state index contributed by atoms with van der Waals surface area (Å²) in [5, 5.41) is 34.6. The van der Waals surface area contributed by atoms with Crippen molar-refractivity contribution >= 4 is 152 Å². The van der Waals surface area contributed by atoms with Crippen molar-refractivity contribution in [1.82, 2.24) is 9.97 Å². The van der Waals surface area contributed by atoms with Crippen LogP contribution < -0.4 is 22.9 Å². The van der Waals surface area contributed by atoms with E-state index in [-0.39, 0.29) is 76.9 Å². The van der Waals surface area contributed by atoms with Crippen LogP contribution in [-0.2, 0) is 40.5 Å². The predicted molar refractivity (Wildman–Crippen MR) is 327 cm³/mol. The van der Waals surface area contributed by atoms with Crippen LogP contribution in [-0.4, -0.2) is 61.9 Å². The molecule has 0 bridgehead atoms. The number of nitrogen functional groups attached to an aromatic ring is 4. The van der Waals surface area contributed by atoms with Gasteiger partial charge < -0.3 is 22.9 Å². The van der Waals surface area contributed by atoms with Gasteiger partial charge in [-0.15, -0.1) is 43.1 Å². The minimum Gasteiger partial charge on any atom is -0.397 e. The Morgan fingerprint density at radius 3 is 1.22 bits per heavy atom. The monoisotopic (exact) mass is 1270 g/mol. The van der Waals surface area contributed by atoms with Gasteiger partial charge in [-0.25, -0.2) is 9.97 Å². The number of azo groups is 4. The summed E-state index contributed by atoms with van der Waals surface area (Å²) < 4.78 is 140. The highest BCUT2D eigenvalue weighted by Crippen LogP contribution is 2.46. The molecule has 0 spiro atoms. The number of nitrogens with two attached hydrogens (primary N) is 4. The highest BCUT2D eigenvalue weighted by Gasteiger charge is 2.26. The minimum absolute atomic E-state index is 0.00184.